The Labute approximate surface area is 99.2 Å². The summed E-state index contributed by atoms with van der Waals surface area (Å²) in [7, 11) is 0. The molecule has 0 bridgehead atoms. The number of aliphatic carboxylic acids is 2. The largest absolute Gasteiger partial charge is 0.481 e. The van der Waals surface area contributed by atoms with Crippen molar-refractivity contribution in [3.63, 3.8) is 0 Å². The number of hydrogen-bond acceptors (Lipinski definition) is 4. The molecule has 1 amide bonds. The first-order chi connectivity index (χ1) is 7.88. The van der Waals surface area contributed by atoms with Gasteiger partial charge in [-0.05, 0) is 13.3 Å². The van der Waals surface area contributed by atoms with Crippen molar-refractivity contribution in [1.29, 1.82) is 0 Å². The third kappa shape index (κ3) is 6.52. The third-order valence-electron chi connectivity index (χ3n) is 2.28. The zero-order valence-corrected chi connectivity index (χ0v) is 9.76. The van der Waals surface area contributed by atoms with Crippen LogP contribution in [0.5, 0.6) is 0 Å². The number of amides is 1. The van der Waals surface area contributed by atoms with E-state index in [0.29, 0.717) is 6.54 Å². The van der Waals surface area contributed by atoms with Crippen molar-refractivity contribution in [1.82, 2.24) is 4.90 Å². The lowest BCUT2D eigenvalue weighted by Crippen LogP contribution is -2.44. The number of carbonyl (C=O) groups is 3. The SMILES string of the molecule is CCN(CCC(=O)O)C(=O)C(N)CCC(=O)O. The molecule has 7 heteroatoms. The summed E-state index contributed by atoms with van der Waals surface area (Å²) in [6.45, 7) is 2.15. The van der Waals surface area contributed by atoms with Crippen molar-refractivity contribution < 1.29 is 24.6 Å². The number of carboxylic acids is 2. The van der Waals surface area contributed by atoms with E-state index in [9.17, 15) is 14.4 Å². The van der Waals surface area contributed by atoms with Gasteiger partial charge in [0.15, 0.2) is 0 Å². The van der Waals surface area contributed by atoms with Gasteiger partial charge in [-0.25, -0.2) is 0 Å². The van der Waals surface area contributed by atoms with Crippen LogP contribution in [0, 0.1) is 0 Å². The van der Waals surface area contributed by atoms with Crippen molar-refractivity contribution in [3.05, 3.63) is 0 Å². The van der Waals surface area contributed by atoms with E-state index in [1.807, 2.05) is 0 Å². The fourth-order valence-corrected chi connectivity index (χ4v) is 1.29. The lowest BCUT2D eigenvalue weighted by Gasteiger charge is -2.23. The number of carboxylic acid groups (broad SMARTS) is 2. The zero-order valence-electron chi connectivity index (χ0n) is 9.76. The normalized spacial score (nSPS) is 11.9. The van der Waals surface area contributed by atoms with E-state index in [0.717, 1.165) is 0 Å². The summed E-state index contributed by atoms with van der Waals surface area (Å²) >= 11 is 0. The van der Waals surface area contributed by atoms with Crippen LogP contribution < -0.4 is 5.73 Å². The van der Waals surface area contributed by atoms with Gasteiger partial charge in [0, 0.05) is 19.5 Å². The second-order valence-corrected chi connectivity index (χ2v) is 3.60. The molecule has 0 aliphatic rings. The number of rotatable bonds is 8. The van der Waals surface area contributed by atoms with Crippen LogP contribution in [-0.4, -0.2) is 52.1 Å². The highest BCUT2D eigenvalue weighted by Crippen LogP contribution is 2.02. The van der Waals surface area contributed by atoms with E-state index < -0.39 is 23.9 Å². The van der Waals surface area contributed by atoms with Gasteiger partial charge in [-0.15, -0.1) is 0 Å². The van der Waals surface area contributed by atoms with Crippen LogP contribution in [0.25, 0.3) is 0 Å². The average Bonchev–Trinajstić information content (AvgIpc) is 2.25. The number of hydrogen-bond donors (Lipinski definition) is 3. The molecule has 1 unspecified atom stereocenters. The Morgan fingerprint density at radius 2 is 1.71 bits per heavy atom. The third-order valence-corrected chi connectivity index (χ3v) is 2.28. The molecule has 0 spiro atoms. The van der Waals surface area contributed by atoms with Crippen LogP contribution >= 0.6 is 0 Å². The smallest absolute Gasteiger partial charge is 0.305 e. The summed E-state index contributed by atoms with van der Waals surface area (Å²) in [6.07, 6.45) is -0.271. The van der Waals surface area contributed by atoms with Crippen LogP contribution in [0.4, 0.5) is 0 Å². The first kappa shape index (κ1) is 15.4. The van der Waals surface area contributed by atoms with E-state index in [-0.39, 0.29) is 25.8 Å². The van der Waals surface area contributed by atoms with Crippen LogP contribution in [0.1, 0.15) is 26.2 Å². The Kier molecular flexibility index (Phi) is 6.88. The van der Waals surface area contributed by atoms with Crippen LogP contribution in [0.15, 0.2) is 0 Å². The highest BCUT2D eigenvalue weighted by molar-refractivity contribution is 5.82. The van der Waals surface area contributed by atoms with Gasteiger partial charge < -0.3 is 20.8 Å². The molecule has 0 aromatic carbocycles. The maximum atomic E-state index is 11.7. The van der Waals surface area contributed by atoms with E-state index in [1.165, 1.54) is 4.90 Å². The second-order valence-electron chi connectivity index (χ2n) is 3.60. The zero-order chi connectivity index (χ0) is 13.4. The molecule has 1 atom stereocenters. The quantitative estimate of drug-likeness (QED) is 0.531. The Hall–Kier alpha value is -1.63. The topological polar surface area (TPSA) is 121 Å². The number of nitrogens with two attached hydrogens (primary N) is 1. The standard InChI is InChI=1S/C10H18N2O5/c1-2-12(6-5-9(15)16)10(17)7(11)3-4-8(13)14/h7H,2-6,11H2,1H3,(H,13,14)(H,15,16). The van der Waals surface area contributed by atoms with E-state index in [4.69, 9.17) is 15.9 Å². The Balaban J connectivity index is 4.21. The first-order valence-electron chi connectivity index (χ1n) is 5.36. The summed E-state index contributed by atoms with van der Waals surface area (Å²) in [4.78, 5) is 33.7. The fourth-order valence-electron chi connectivity index (χ4n) is 1.29. The van der Waals surface area contributed by atoms with Crippen molar-refractivity contribution in [2.45, 2.75) is 32.2 Å². The number of carbonyl (C=O) groups excluding carboxylic acids is 1. The molecule has 0 heterocycles. The molecule has 7 nitrogen and oxygen atoms in total. The summed E-state index contributed by atoms with van der Waals surface area (Å²) < 4.78 is 0. The molecule has 0 aliphatic carbocycles. The van der Waals surface area contributed by atoms with Gasteiger partial charge in [0.2, 0.25) is 5.91 Å². The van der Waals surface area contributed by atoms with Crippen LogP contribution in [-0.2, 0) is 14.4 Å². The van der Waals surface area contributed by atoms with Gasteiger partial charge >= 0.3 is 11.9 Å². The van der Waals surface area contributed by atoms with Crippen molar-refractivity contribution in [3.8, 4) is 0 Å². The molecule has 0 saturated heterocycles. The van der Waals surface area contributed by atoms with E-state index in [2.05, 4.69) is 0 Å². The van der Waals surface area contributed by atoms with Gasteiger partial charge in [0.05, 0.1) is 12.5 Å². The Morgan fingerprint density at radius 3 is 2.12 bits per heavy atom. The summed E-state index contributed by atoms with van der Waals surface area (Å²) in [5, 5.41) is 17.0. The van der Waals surface area contributed by atoms with E-state index in [1.54, 1.807) is 6.92 Å². The molecular weight excluding hydrogens is 228 g/mol. The molecule has 0 aromatic heterocycles. The van der Waals surface area contributed by atoms with Crippen molar-refractivity contribution >= 4 is 17.8 Å². The summed E-state index contributed by atoms with van der Waals surface area (Å²) in [5.74, 6) is -2.41. The molecule has 98 valence electrons. The Bertz CT molecular complexity index is 292. The van der Waals surface area contributed by atoms with Gasteiger partial charge in [-0.2, -0.15) is 0 Å². The van der Waals surface area contributed by atoms with Crippen molar-refractivity contribution in [2.75, 3.05) is 13.1 Å². The fraction of sp³-hybridized carbons (Fsp3) is 0.700. The molecule has 0 radical (unpaired) electrons. The first-order valence-corrected chi connectivity index (χ1v) is 5.36. The predicted molar refractivity (Wildman–Crippen MR) is 59.4 cm³/mol. The van der Waals surface area contributed by atoms with Gasteiger partial charge in [-0.1, -0.05) is 0 Å². The maximum absolute atomic E-state index is 11.7. The summed E-state index contributed by atoms with van der Waals surface area (Å²) in [6, 6.07) is -0.889. The van der Waals surface area contributed by atoms with Gasteiger partial charge in [-0.3, -0.25) is 14.4 Å². The van der Waals surface area contributed by atoms with Gasteiger partial charge in [0.25, 0.3) is 0 Å². The van der Waals surface area contributed by atoms with Gasteiger partial charge in [0.1, 0.15) is 0 Å². The molecule has 0 saturated carbocycles. The van der Waals surface area contributed by atoms with E-state index >= 15 is 0 Å². The molecule has 0 aliphatic heterocycles. The molecule has 17 heavy (non-hydrogen) atoms. The molecule has 4 N–H and O–H groups in total. The maximum Gasteiger partial charge on any atom is 0.305 e. The number of likely N-dealkylation sites (N-methyl/N-ethyl adjacent to an activating group) is 1. The minimum atomic E-state index is -1.01. The lowest BCUT2D eigenvalue weighted by molar-refractivity contribution is -0.138. The average molecular weight is 246 g/mol. The van der Waals surface area contributed by atoms with Crippen LogP contribution in [0.3, 0.4) is 0 Å². The number of nitrogens with zero attached hydrogens (tertiary/aromatic N) is 1. The second kappa shape index (κ2) is 7.61. The van der Waals surface area contributed by atoms with Crippen molar-refractivity contribution in [2.24, 2.45) is 5.73 Å². The lowest BCUT2D eigenvalue weighted by atomic mass is 10.1. The molecule has 0 fully saturated rings. The minimum Gasteiger partial charge on any atom is -0.481 e. The highest BCUT2D eigenvalue weighted by Gasteiger charge is 2.20. The Morgan fingerprint density at radius 1 is 1.18 bits per heavy atom. The summed E-state index contributed by atoms with van der Waals surface area (Å²) in [5.41, 5.74) is 5.55. The molecule has 0 rings (SSSR count). The predicted octanol–water partition coefficient (Wildman–Crippen LogP) is -0.498. The minimum absolute atomic E-state index is 0.0533. The van der Waals surface area contributed by atoms with Crippen LogP contribution in [0.2, 0.25) is 0 Å². The monoisotopic (exact) mass is 246 g/mol. The molecule has 0 aromatic rings. The molecular formula is C10H18N2O5. The highest BCUT2D eigenvalue weighted by atomic mass is 16.4.